The van der Waals surface area contributed by atoms with Gasteiger partial charge in [-0.25, -0.2) is 4.79 Å². The molecule has 4 nitrogen and oxygen atoms in total. The van der Waals surface area contributed by atoms with E-state index in [-0.39, 0.29) is 6.03 Å². The molecule has 0 atom stereocenters. The second-order valence-electron chi connectivity index (χ2n) is 4.26. The average Bonchev–Trinajstić information content (AvgIpc) is 2.65. The molecule has 0 saturated heterocycles. The molecule has 0 radical (unpaired) electrons. The Hall–Kier alpha value is -1.94. The molecule has 2 N–H and O–H groups in total. The number of hydrogen-bond donors (Lipinski definition) is 2. The zero-order valence-corrected chi connectivity index (χ0v) is 11.5. The van der Waals surface area contributed by atoms with Gasteiger partial charge < -0.3 is 15.1 Å². The van der Waals surface area contributed by atoms with Crippen molar-refractivity contribution in [2.45, 2.75) is 20.4 Å². The molecule has 2 rings (SSSR count). The second-order valence-corrected chi connectivity index (χ2v) is 4.69. The summed E-state index contributed by atoms with van der Waals surface area (Å²) in [6.07, 6.45) is 0. The van der Waals surface area contributed by atoms with Crippen LogP contribution in [-0.2, 0) is 6.54 Å². The van der Waals surface area contributed by atoms with Gasteiger partial charge in [0.1, 0.15) is 11.5 Å². The monoisotopic (exact) mass is 278 g/mol. The number of nitrogens with one attached hydrogen (secondary N) is 2. The number of carbonyl (C=O) groups excluding carboxylic acids is 1. The minimum atomic E-state index is -0.277. The number of carbonyl (C=O) groups is 1. The fourth-order valence-electron chi connectivity index (χ4n) is 1.78. The number of aryl methyl sites for hydroxylation is 2. The van der Waals surface area contributed by atoms with Crippen molar-refractivity contribution in [3.05, 3.63) is 52.4 Å². The van der Waals surface area contributed by atoms with Crippen LogP contribution in [0.2, 0.25) is 5.02 Å². The van der Waals surface area contributed by atoms with Gasteiger partial charge in [0.15, 0.2) is 0 Å². The third-order valence-electron chi connectivity index (χ3n) is 2.67. The van der Waals surface area contributed by atoms with Crippen LogP contribution in [0.3, 0.4) is 0 Å². The Morgan fingerprint density at radius 3 is 2.74 bits per heavy atom. The Morgan fingerprint density at radius 2 is 2.11 bits per heavy atom. The summed E-state index contributed by atoms with van der Waals surface area (Å²) in [4.78, 5) is 11.7. The molecule has 0 aliphatic rings. The van der Waals surface area contributed by atoms with Gasteiger partial charge in [-0.15, -0.1) is 0 Å². The van der Waals surface area contributed by atoms with Gasteiger partial charge in [-0.2, -0.15) is 0 Å². The molecule has 0 unspecified atom stereocenters. The standard InChI is InChI=1S/C14H15ClN2O2/c1-9-6-11(10(2)19-9)8-16-14(18)17-13-5-3-4-12(15)7-13/h3-7H,8H2,1-2H3,(H2,16,17,18). The maximum atomic E-state index is 11.7. The van der Waals surface area contributed by atoms with Gasteiger partial charge in [-0.1, -0.05) is 17.7 Å². The van der Waals surface area contributed by atoms with Gasteiger partial charge in [0.05, 0.1) is 0 Å². The molecule has 0 fully saturated rings. The summed E-state index contributed by atoms with van der Waals surface area (Å²) in [5, 5.41) is 6.06. The van der Waals surface area contributed by atoms with Crippen LogP contribution in [0.1, 0.15) is 17.1 Å². The number of halogens is 1. The molecule has 5 heteroatoms. The van der Waals surface area contributed by atoms with Crippen LogP contribution in [0.25, 0.3) is 0 Å². The van der Waals surface area contributed by atoms with E-state index in [1.54, 1.807) is 24.3 Å². The largest absolute Gasteiger partial charge is 0.466 e. The first-order chi connectivity index (χ1) is 9.04. The number of furan rings is 1. The Morgan fingerprint density at radius 1 is 1.32 bits per heavy atom. The predicted molar refractivity (Wildman–Crippen MR) is 75.5 cm³/mol. The minimum Gasteiger partial charge on any atom is -0.466 e. The van der Waals surface area contributed by atoms with Crippen molar-refractivity contribution in [2.75, 3.05) is 5.32 Å². The molecule has 0 spiro atoms. The number of rotatable bonds is 3. The number of urea groups is 1. The molecule has 1 heterocycles. The van der Waals surface area contributed by atoms with E-state index >= 15 is 0 Å². The lowest BCUT2D eigenvalue weighted by atomic mass is 10.2. The lowest BCUT2D eigenvalue weighted by molar-refractivity contribution is 0.251. The first-order valence-electron chi connectivity index (χ1n) is 5.91. The summed E-state index contributed by atoms with van der Waals surface area (Å²) < 4.78 is 5.39. The molecule has 0 aliphatic heterocycles. The highest BCUT2D eigenvalue weighted by Crippen LogP contribution is 2.15. The van der Waals surface area contributed by atoms with Crippen molar-refractivity contribution >= 4 is 23.3 Å². The zero-order chi connectivity index (χ0) is 13.8. The highest BCUT2D eigenvalue weighted by atomic mass is 35.5. The van der Waals surface area contributed by atoms with Gasteiger partial charge in [-0.3, -0.25) is 0 Å². The van der Waals surface area contributed by atoms with Crippen LogP contribution in [-0.4, -0.2) is 6.03 Å². The third-order valence-corrected chi connectivity index (χ3v) is 2.90. The average molecular weight is 279 g/mol. The smallest absolute Gasteiger partial charge is 0.319 e. The molecule has 19 heavy (non-hydrogen) atoms. The summed E-state index contributed by atoms with van der Waals surface area (Å²) >= 11 is 5.84. The van der Waals surface area contributed by atoms with Gasteiger partial charge in [0.25, 0.3) is 0 Å². The maximum absolute atomic E-state index is 11.7. The SMILES string of the molecule is Cc1cc(CNC(=O)Nc2cccc(Cl)c2)c(C)o1. The predicted octanol–water partition coefficient (Wildman–Crippen LogP) is 3.87. The van der Waals surface area contributed by atoms with Crippen molar-refractivity contribution in [3.8, 4) is 0 Å². The highest BCUT2D eigenvalue weighted by molar-refractivity contribution is 6.30. The summed E-state index contributed by atoms with van der Waals surface area (Å²) in [6.45, 7) is 4.18. The van der Waals surface area contributed by atoms with Gasteiger partial charge in [-0.05, 0) is 38.1 Å². The normalized spacial score (nSPS) is 10.3. The first-order valence-corrected chi connectivity index (χ1v) is 6.29. The molecule has 1 aromatic carbocycles. The van der Waals surface area contributed by atoms with Crippen molar-refractivity contribution in [1.29, 1.82) is 0 Å². The zero-order valence-electron chi connectivity index (χ0n) is 10.8. The lowest BCUT2D eigenvalue weighted by Crippen LogP contribution is -2.28. The second kappa shape index (κ2) is 5.80. The molecule has 0 saturated carbocycles. The number of amides is 2. The molecule has 2 amide bonds. The van der Waals surface area contributed by atoms with Crippen molar-refractivity contribution < 1.29 is 9.21 Å². The fraction of sp³-hybridized carbons (Fsp3) is 0.214. The number of anilines is 1. The van der Waals surface area contributed by atoms with E-state index in [0.717, 1.165) is 17.1 Å². The van der Waals surface area contributed by atoms with Crippen molar-refractivity contribution in [2.24, 2.45) is 0 Å². The van der Waals surface area contributed by atoms with Crippen LogP contribution in [0.4, 0.5) is 10.5 Å². The summed E-state index contributed by atoms with van der Waals surface area (Å²) in [5.74, 6) is 1.66. The Kier molecular flexibility index (Phi) is 4.12. The van der Waals surface area contributed by atoms with E-state index in [9.17, 15) is 4.79 Å². The van der Waals surface area contributed by atoms with Crippen LogP contribution < -0.4 is 10.6 Å². The van der Waals surface area contributed by atoms with Crippen molar-refractivity contribution in [1.82, 2.24) is 5.32 Å². The Balaban J connectivity index is 1.90. The molecule has 2 aromatic rings. The van der Waals surface area contributed by atoms with Crippen LogP contribution in [0.15, 0.2) is 34.7 Å². The number of hydrogen-bond acceptors (Lipinski definition) is 2. The van der Waals surface area contributed by atoms with E-state index in [0.29, 0.717) is 17.3 Å². The lowest BCUT2D eigenvalue weighted by Gasteiger charge is -2.07. The van der Waals surface area contributed by atoms with E-state index in [4.69, 9.17) is 16.0 Å². The topological polar surface area (TPSA) is 54.3 Å². The first kappa shape index (κ1) is 13.5. The fourth-order valence-corrected chi connectivity index (χ4v) is 1.97. The van der Waals surface area contributed by atoms with Crippen LogP contribution in [0.5, 0.6) is 0 Å². The van der Waals surface area contributed by atoms with E-state index < -0.39 is 0 Å². The van der Waals surface area contributed by atoms with E-state index in [2.05, 4.69) is 10.6 Å². The molecule has 100 valence electrons. The maximum Gasteiger partial charge on any atom is 0.319 e. The van der Waals surface area contributed by atoms with Crippen LogP contribution in [0, 0.1) is 13.8 Å². The van der Waals surface area contributed by atoms with Gasteiger partial charge in [0.2, 0.25) is 0 Å². The van der Waals surface area contributed by atoms with Crippen molar-refractivity contribution in [3.63, 3.8) is 0 Å². The van der Waals surface area contributed by atoms with E-state index in [1.807, 2.05) is 19.9 Å². The van der Waals surface area contributed by atoms with Crippen LogP contribution >= 0.6 is 11.6 Å². The Bertz CT molecular complexity index is 593. The molecular formula is C14H15ClN2O2. The third kappa shape index (κ3) is 3.76. The highest BCUT2D eigenvalue weighted by Gasteiger charge is 2.07. The quantitative estimate of drug-likeness (QED) is 0.895. The summed E-state index contributed by atoms with van der Waals surface area (Å²) in [7, 11) is 0. The Labute approximate surface area is 116 Å². The molecular weight excluding hydrogens is 264 g/mol. The minimum absolute atomic E-state index is 0.277. The number of benzene rings is 1. The molecule has 0 aliphatic carbocycles. The van der Waals surface area contributed by atoms with E-state index in [1.165, 1.54) is 0 Å². The molecule has 1 aromatic heterocycles. The van der Waals surface area contributed by atoms with Gasteiger partial charge >= 0.3 is 6.03 Å². The molecule has 0 bridgehead atoms. The van der Waals surface area contributed by atoms with Gasteiger partial charge in [0, 0.05) is 22.8 Å². The summed E-state index contributed by atoms with van der Waals surface area (Å²) in [6, 6.07) is 8.63. The summed E-state index contributed by atoms with van der Waals surface area (Å²) in [5.41, 5.74) is 1.63.